The molecule has 1 aliphatic rings. The van der Waals surface area contributed by atoms with Crippen LogP contribution in [-0.4, -0.2) is 47.6 Å². The largest absolute Gasteiger partial charge is 0.469 e. The predicted molar refractivity (Wildman–Crippen MR) is 78.2 cm³/mol. The molecule has 1 aromatic heterocycles. The molecule has 7 heteroatoms. The first-order valence-corrected chi connectivity index (χ1v) is 7.14. The molecule has 23 heavy (non-hydrogen) atoms. The highest BCUT2D eigenvalue weighted by Gasteiger charge is 2.56. The Kier molecular flexibility index (Phi) is 4.79. The summed E-state index contributed by atoms with van der Waals surface area (Å²) in [6.07, 6.45) is 2.67. The van der Waals surface area contributed by atoms with Gasteiger partial charge in [-0.3, -0.25) is 19.4 Å². The highest BCUT2D eigenvalue weighted by atomic mass is 16.5. The number of nitrogens with zero attached hydrogens (tertiary/aromatic N) is 1. The van der Waals surface area contributed by atoms with E-state index in [2.05, 4.69) is 4.98 Å². The number of ether oxygens (including phenoxy) is 2. The van der Waals surface area contributed by atoms with Crippen molar-refractivity contribution in [3.05, 3.63) is 30.1 Å². The molecule has 0 aromatic carbocycles. The van der Waals surface area contributed by atoms with Crippen molar-refractivity contribution in [1.82, 2.24) is 4.98 Å². The fourth-order valence-electron chi connectivity index (χ4n) is 3.24. The Morgan fingerprint density at radius 3 is 2.48 bits per heavy atom. The lowest BCUT2D eigenvalue weighted by atomic mass is 9.62. The molecule has 1 fully saturated rings. The number of esters is 2. The minimum atomic E-state index is -1.63. The highest BCUT2D eigenvalue weighted by molar-refractivity contribution is 6.02. The van der Waals surface area contributed by atoms with Gasteiger partial charge in [-0.15, -0.1) is 0 Å². The summed E-state index contributed by atoms with van der Waals surface area (Å²) in [5, 5.41) is 10.6. The smallest absolute Gasteiger partial charge is 0.316 e. The first kappa shape index (κ1) is 17.1. The van der Waals surface area contributed by atoms with Gasteiger partial charge >= 0.3 is 11.9 Å². The van der Waals surface area contributed by atoms with Crippen LogP contribution >= 0.6 is 0 Å². The Morgan fingerprint density at radius 1 is 1.30 bits per heavy atom. The zero-order chi connectivity index (χ0) is 17.2. The fraction of sp³-hybridized carbons (Fsp3) is 0.500. The van der Waals surface area contributed by atoms with Gasteiger partial charge < -0.3 is 14.6 Å². The van der Waals surface area contributed by atoms with Crippen molar-refractivity contribution in [3.63, 3.8) is 0 Å². The van der Waals surface area contributed by atoms with E-state index in [1.54, 1.807) is 12.1 Å². The number of carbonyl (C=O) groups excluding carboxylic acids is 3. The Bertz CT molecular complexity index is 612. The number of aromatic nitrogens is 1. The van der Waals surface area contributed by atoms with Crippen LogP contribution in [0.25, 0.3) is 0 Å². The third kappa shape index (κ3) is 3.10. The van der Waals surface area contributed by atoms with E-state index in [-0.39, 0.29) is 6.42 Å². The van der Waals surface area contributed by atoms with Gasteiger partial charge in [0.2, 0.25) is 0 Å². The fourth-order valence-corrected chi connectivity index (χ4v) is 3.24. The van der Waals surface area contributed by atoms with Crippen LogP contribution in [0.2, 0.25) is 0 Å². The van der Waals surface area contributed by atoms with E-state index in [0.29, 0.717) is 5.56 Å². The summed E-state index contributed by atoms with van der Waals surface area (Å²) in [5.74, 6) is -5.08. The summed E-state index contributed by atoms with van der Waals surface area (Å²) in [7, 11) is 2.37. The van der Waals surface area contributed by atoms with Crippen LogP contribution in [0.4, 0.5) is 0 Å². The normalized spacial score (nSPS) is 30.6. The average Bonchev–Trinajstić information content (AvgIpc) is 2.52. The molecule has 0 bridgehead atoms. The Hall–Kier alpha value is -2.28. The topological polar surface area (TPSA) is 103 Å². The molecular weight excluding hydrogens is 302 g/mol. The van der Waals surface area contributed by atoms with Crippen LogP contribution in [0.3, 0.4) is 0 Å². The Morgan fingerprint density at radius 2 is 1.96 bits per heavy atom. The van der Waals surface area contributed by atoms with E-state index in [1.807, 2.05) is 0 Å². The first-order chi connectivity index (χ1) is 10.8. The van der Waals surface area contributed by atoms with E-state index in [0.717, 1.165) is 0 Å². The molecule has 0 radical (unpaired) electrons. The Labute approximate surface area is 133 Å². The zero-order valence-electron chi connectivity index (χ0n) is 13.2. The van der Waals surface area contributed by atoms with Crippen molar-refractivity contribution >= 4 is 17.7 Å². The van der Waals surface area contributed by atoms with Crippen LogP contribution in [0.15, 0.2) is 24.5 Å². The lowest BCUT2D eigenvalue weighted by molar-refractivity contribution is -0.170. The number of ketones is 1. The van der Waals surface area contributed by atoms with Crippen molar-refractivity contribution in [2.24, 2.45) is 11.8 Å². The van der Waals surface area contributed by atoms with Crippen LogP contribution in [0, 0.1) is 11.8 Å². The van der Waals surface area contributed by atoms with Crippen LogP contribution in [0.5, 0.6) is 0 Å². The van der Waals surface area contributed by atoms with Gasteiger partial charge in [-0.1, -0.05) is 6.07 Å². The number of hydrogen-bond donors (Lipinski definition) is 1. The molecule has 0 spiro atoms. The maximum Gasteiger partial charge on any atom is 0.316 e. The molecule has 124 valence electrons. The number of rotatable bonds is 3. The van der Waals surface area contributed by atoms with Crippen molar-refractivity contribution in [2.45, 2.75) is 24.9 Å². The minimum absolute atomic E-state index is 0.330. The summed E-state index contributed by atoms with van der Waals surface area (Å²) in [6, 6.07) is 3.28. The number of Topliss-reactive ketones (excluding diaryl/α,β-unsaturated/α-hetero) is 1. The molecule has 1 saturated carbocycles. The highest BCUT2D eigenvalue weighted by Crippen LogP contribution is 2.46. The Balaban J connectivity index is 2.61. The molecule has 2 rings (SSSR count). The molecular formula is C16H19NO6. The van der Waals surface area contributed by atoms with Crippen LogP contribution in [0.1, 0.15) is 24.8 Å². The minimum Gasteiger partial charge on any atom is -0.469 e. The number of pyridine rings is 1. The van der Waals surface area contributed by atoms with Crippen LogP contribution in [-0.2, 0) is 23.9 Å². The molecule has 0 aliphatic heterocycles. The van der Waals surface area contributed by atoms with Gasteiger partial charge in [0.25, 0.3) is 0 Å². The maximum absolute atomic E-state index is 12.4. The summed E-state index contributed by atoms with van der Waals surface area (Å²) in [4.78, 5) is 40.8. The van der Waals surface area contributed by atoms with Gasteiger partial charge in [0.1, 0.15) is 5.92 Å². The monoisotopic (exact) mass is 321 g/mol. The number of hydrogen-bond acceptors (Lipinski definition) is 7. The van der Waals surface area contributed by atoms with Gasteiger partial charge in [-0.05, 0) is 18.6 Å². The molecule has 1 N–H and O–H groups in total. The molecule has 1 heterocycles. The summed E-state index contributed by atoms with van der Waals surface area (Å²) in [5.41, 5.74) is -1.14. The van der Waals surface area contributed by atoms with Gasteiger partial charge in [-0.2, -0.15) is 0 Å². The summed E-state index contributed by atoms with van der Waals surface area (Å²) >= 11 is 0. The molecule has 0 saturated heterocycles. The number of methoxy groups -OCH3 is 2. The third-order valence-corrected chi connectivity index (χ3v) is 4.25. The zero-order valence-corrected chi connectivity index (χ0v) is 13.2. The van der Waals surface area contributed by atoms with Gasteiger partial charge in [-0.25, -0.2) is 0 Å². The first-order valence-electron chi connectivity index (χ1n) is 7.14. The molecule has 1 aliphatic carbocycles. The van der Waals surface area contributed by atoms with Crippen molar-refractivity contribution in [1.29, 1.82) is 0 Å². The number of aliphatic hydroxyl groups is 1. The lowest BCUT2D eigenvalue weighted by Gasteiger charge is -2.43. The summed E-state index contributed by atoms with van der Waals surface area (Å²) < 4.78 is 9.52. The predicted octanol–water partition coefficient (Wildman–Crippen LogP) is 0.467. The van der Waals surface area contributed by atoms with Crippen molar-refractivity contribution < 1.29 is 29.0 Å². The average molecular weight is 321 g/mol. The number of carbonyl (C=O) groups is 3. The van der Waals surface area contributed by atoms with E-state index in [4.69, 9.17) is 9.47 Å². The molecule has 4 atom stereocenters. The van der Waals surface area contributed by atoms with Crippen LogP contribution < -0.4 is 0 Å². The molecule has 7 nitrogen and oxygen atoms in total. The van der Waals surface area contributed by atoms with E-state index < -0.39 is 41.1 Å². The molecule has 0 unspecified atom stereocenters. The van der Waals surface area contributed by atoms with Crippen molar-refractivity contribution in [2.75, 3.05) is 14.2 Å². The third-order valence-electron chi connectivity index (χ3n) is 4.25. The second-order valence-corrected chi connectivity index (χ2v) is 5.81. The van der Waals surface area contributed by atoms with E-state index >= 15 is 0 Å². The maximum atomic E-state index is 12.4. The molecule has 0 amide bonds. The SMILES string of the molecule is COC(=O)[C@H]1C(=O)C[C@@](C)(O)[C@H](C(=O)OC)[C@@H]1c1cccnc1. The van der Waals surface area contributed by atoms with Gasteiger partial charge in [0.05, 0.1) is 25.7 Å². The second-order valence-electron chi connectivity index (χ2n) is 5.81. The lowest BCUT2D eigenvalue weighted by Crippen LogP contribution is -2.55. The van der Waals surface area contributed by atoms with E-state index in [1.165, 1.54) is 33.5 Å². The standard InChI is InChI=1S/C16H19NO6/c1-16(21)7-10(18)12(14(19)22-2)11(13(16)15(20)23-3)9-5-4-6-17-8-9/h4-6,8,11-13,21H,7H2,1-3H3/t11-,12+,13+,16-/m1/s1. The van der Waals surface area contributed by atoms with Gasteiger partial charge in [0, 0.05) is 24.7 Å². The second kappa shape index (κ2) is 6.45. The summed E-state index contributed by atoms with van der Waals surface area (Å²) in [6.45, 7) is 1.39. The van der Waals surface area contributed by atoms with E-state index in [9.17, 15) is 19.5 Å². The molecule has 1 aromatic rings. The quantitative estimate of drug-likeness (QED) is 0.637. The van der Waals surface area contributed by atoms with Crippen molar-refractivity contribution in [3.8, 4) is 0 Å². The van der Waals surface area contributed by atoms with Gasteiger partial charge in [0.15, 0.2) is 5.78 Å².